The predicted molar refractivity (Wildman–Crippen MR) is 84.9 cm³/mol. The van der Waals surface area contributed by atoms with Gasteiger partial charge in [-0.2, -0.15) is 0 Å². The maximum absolute atomic E-state index is 12.0. The number of carbonyl (C=O) groups is 1. The summed E-state index contributed by atoms with van der Waals surface area (Å²) in [5.41, 5.74) is 1.62. The Morgan fingerprint density at radius 2 is 2.29 bits per heavy atom. The van der Waals surface area contributed by atoms with Crippen molar-refractivity contribution in [2.75, 3.05) is 11.9 Å². The number of benzene rings is 1. The summed E-state index contributed by atoms with van der Waals surface area (Å²) >= 11 is 0. The largest absolute Gasteiger partial charge is 0.477 e. The fraction of sp³-hybridized carbons (Fsp3) is 0.375. The zero-order valence-electron chi connectivity index (χ0n) is 13.2. The molecule has 1 atom stereocenters. The van der Waals surface area contributed by atoms with E-state index in [9.17, 15) is 14.9 Å². The van der Waals surface area contributed by atoms with Crippen LogP contribution in [0.25, 0.3) is 0 Å². The van der Waals surface area contributed by atoms with Crippen molar-refractivity contribution >= 4 is 17.5 Å². The van der Waals surface area contributed by atoms with E-state index >= 15 is 0 Å². The summed E-state index contributed by atoms with van der Waals surface area (Å²) in [4.78, 5) is 22.4. The van der Waals surface area contributed by atoms with Gasteiger partial charge in [-0.1, -0.05) is 24.2 Å². The number of nitrogens with zero attached hydrogens (tertiary/aromatic N) is 2. The van der Waals surface area contributed by atoms with Crippen LogP contribution in [0.2, 0.25) is 0 Å². The smallest absolute Gasteiger partial charge is 0.310 e. The predicted octanol–water partition coefficient (Wildman–Crippen LogP) is 2.73. The molecule has 1 aromatic carbocycles. The highest BCUT2D eigenvalue weighted by atomic mass is 16.6. The molecular formula is C16H17N3O5. The fourth-order valence-electron chi connectivity index (χ4n) is 2.72. The Bertz CT molecular complexity index is 771. The summed E-state index contributed by atoms with van der Waals surface area (Å²) in [5.74, 6) is 0.444. The molecule has 0 fully saturated rings. The van der Waals surface area contributed by atoms with E-state index in [1.807, 2.05) is 0 Å². The number of ether oxygens (including phenoxy) is 1. The Kier molecular flexibility index (Phi) is 4.45. The first kappa shape index (κ1) is 16.0. The van der Waals surface area contributed by atoms with Crippen LogP contribution in [0.4, 0.5) is 11.6 Å². The number of nitro benzene ring substituents is 1. The minimum absolute atomic E-state index is 0.0471. The molecular weight excluding hydrogens is 314 g/mol. The number of carbonyl (C=O) groups excluding carboxylic acids is 1. The van der Waals surface area contributed by atoms with Crippen molar-refractivity contribution < 1.29 is 19.0 Å². The molecule has 0 aliphatic heterocycles. The third kappa shape index (κ3) is 3.37. The van der Waals surface area contributed by atoms with Gasteiger partial charge in [-0.15, -0.1) is 0 Å². The van der Waals surface area contributed by atoms with Crippen molar-refractivity contribution in [3.8, 4) is 5.75 Å². The van der Waals surface area contributed by atoms with E-state index in [2.05, 4.69) is 17.4 Å². The molecule has 1 aliphatic rings. The molecule has 126 valence electrons. The van der Waals surface area contributed by atoms with Gasteiger partial charge in [0, 0.05) is 11.6 Å². The Balaban J connectivity index is 1.63. The number of aromatic nitrogens is 1. The van der Waals surface area contributed by atoms with Crippen LogP contribution in [0.3, 0.4) is 0 Å². The fourth-order valence-corrected chi connectivity index (χ4v) is 2.72. The van der Waals surface area contributed by atoms with Gasteiger partial charge in [0.25, 0.3) is 5.91 Å². The summed E-state index contributed by atoms with van der Waals surface area (Å²) in [5, 5.41) is 17.5. The molecule has 0 unspecified atom stereocenters. The normalized spacial score (nSPS) is 16.3. The van der Waals surface area contributed by atoms with Gasteiger partial charge in [0.15, 0.2) is 12.4 Å². The molecule has 8 nitrogen and oxygen atoms in total. The highest BCUT2D eigenvalue weighted by Gasteiger charge is 2.24. The molecule has 1 N–H and O–H groups in total. The van der Waals surface area contributed by atoms with Crippen LogP contribution in [-0.4, -0.2) is 22.6 Å². The average Bonchev–Trinajstić information content (AvgIpc) is 2.95. The zero-order valence-corrected chi connectivity index (χ0v) is 13.2. The maximum atomic E-state index is 12.0. The van der Waals surface area contributed by atoms with E-state index in [-0.39, 0.29) is 18.0 Å². The van der Waals surface area contributed by atoms with Crippen LogP contribution < -0.4 is 10.1 Å². The number of para-hydroxylation sites is 2. The molecule has 2 aromatic rings. The SMILES string of the molecule is C[C@H]1CCc2noc(NC(=O)COc3ccccc3[N+](=O)[O-])c2C1. The lowest BCUT2D eigenvalue weighted by Gasteiger charge is -2.16. The van der Waals surface area contributed by atoms with E-state index < -0.39 is 10.8 Å². The van der Waals surface area contributed by atoms with E-state index in [0.29, 0.717) is 11.8 Å². The molecule has 0 saturated carbocycles. The van der Waals surface area contributed by atoms with Crippen LogP contribution in [0.1, 0.15) is 24.6 Å². The van der Waals surface area contributed by atoms with Crippen LogP contribution in [0, 0.1) is 16.0 Å². The number of amides is 1. The van der Waals surface area contributed by atoms with Gasteiger partial charge >= 0.3 is 5.69 Å². The van der Waals surface area contributed by atoms with Gasteiger partial charge in [-0.3, -0.25) is 20.2 Å². The van der Waals surface area contributed by atoms with E-state index in [4.69, 9.17) is 9.26 Å². The summed E-state index contributed by atoms with van der Waals surface area (Å²) in [7, 11) is 0. The second kappa shape index (κ2) is 6.69. The molecule has 0 bridgehead atoms. The van der Waals surface area contributed by atoms with Crippen molar-refractivity contribution in [2.45, 2.75) is 26.2 Å². The van der Waals surface area contributed by atoms with Crippen molar-refractivity contribution in [1.82, 2.24) is 5.16 Å². The van der Waals surface area contributed by atoms with Gasteiger partial charge in [0.05, 0.1) is 10.6 Å². The molecule has 1 aliphatic carbocycles. The third-order valence-electron chi connectivity index (χ3n) is 3.97. The third-order valence-corrected chi connectivity index (χ3v) is 3.97. The van der Waals surface area contributed by atoms with Crippen LogP contribution in [-0.2, 0) is 17.6 Å². The maximum Gasteiger partial charge on any atom is 0.310 e. The summed E-state index contributed by atoms with van der Waals surface area (Å²) in [6, 6.07) is 5.91. The number of aryl methyl sites for hydroxylation is 1. The summed E-state index contributed by atoms with van der Waals surface area (Å²) < 4.78 is 10.5. The van der Waals surface area contributed by atoms with Gasteiger partial charge in [-0.05, 0) is 31.2 Å². The first-order valence-electron chi connectivity index (χ1n) is 7.68. The molecule has 3 rings (SSSR count). The molecule has 1 aromatic heterocycles. The molecule has 0 spiro atoms. The molecule has 8 heteroatoms. The summed E-state index contributed by atoms with van der Waals surface area (Å²) in [6.07, 6.45) is 2.69. The highest BCUT2D eigenvalue weighted by Crippen LogP contribution is 2.30. The number of anilines is 1. The number of nitrogens with one attached hydrogen (secondary N) is 1. The Labute approximate surface area is 137 Å². The molecule has 1 heterocycles. The van der Waals surface area contributed by atoms with Crippen molar-refractivity contribution in [1.29, 1.82) is 0 Å². The van der Waals surface area contributed by atoms with Crippen LogP contribution in [0.5, 0.6) is 5.75 Å². The average molecular weight is 331 g/mol. The number of nitro groups is 1. The first-order chi connectivity index (χ1) is 11.5. The Morgan fingerprint density at radius 3 is 3.08 bits per heavy atom. The van der Waals surface area contributed by atoms with Crippen LogP contribution >= 0.6 is 0 Å². The monoisotopic (exact) mass is 331 g/mol. The minimum atomic E-state index is -0.554. The first-order valence-corrected chi connectivity index (χ1v) is 7.68. The molecule has 1 amide bonds. The number of rotatable bonds is 5. The van der Waals surface area contributed by atoms with Gasteiger partial charge in [0.1, 0.15) is 0 Å². The number of hydrogen-bond acceptors (Lipinski definition) is 6. The van der Waals surface area contributed by atoms with E-state index in [1.165, 1.54) is 18.2 Å². The molecule has 24 heavy (non-hydrogen) atoms. The van der Waals surface area contributed by atoms with Gasteiger partial charge in [0.2, 0.25) is 5.88 Å². The Hall–Kier alpha value is -2.90. The van der Waals surface area contributed by atoms with Crippen LogP contribution in [0.15, 0.2) is 28.8 Å². The number of fused-ring (bicyclic) bond motifs is 1. The minimum Gasteiger partial charge on any atom is -0.477 e. The van der Waals surface area contributed by atoms with Gasteiger partial charge < -0.3 is 9.26 Å². The summed E-state index contributed by atoms with van der Waals surface area (Å²) in [6.45, 7) is 1.79. The second-order valence-corrected chi connectivity index (χ2v) is 5.85. The zero-order chi connectivity index (χ0) is 17.1. The topological polar surface area (TPSA) is 108 Å². The van der Waals surface area contributed by atoms with Gasteiger partial charge in [-0.25, -0.2) is 0 Å². The molecule has 0 radical (unpaired) electrons. The Morgan fingerprint density at radius 1 is 1.50 bits per heavy atom. The second-order valence-electron chi connectivity index (χ2n) is 5.85. The van der Waals surface area contributed by atoms with Crippen molar-refractivity contribution in [3.05, 3.63) is 45.6 Å². The lowest BCUT2D eigenvalue weighted by atomic mass is 9.89. The standard InChI is InChI=1S/C16H17N3O5/c1-10-6-7-12-11(8-10)16(24-18-12)17-15(20)9-23-14-5-3-2-4-13(14)19(21)22/h2-5,10H,6-9H2,1H3,(H,17,20)/t10-/m0/s1. The lowest BCUT2D eigenvalue weighted by Crippen LogP contribution is -2.21. The number of hydrogen-bond donors (Lipinski definition) is 1. The van der Waals surface area contributed by atoms with Crippen molar-refractivity contribution in [2.24, 2.45) is 5.92 Å². The highest BCUT2D eigenvalue weighted by molar-refractivity contribution is 5.91. The molecule has 0 saturated heterocycles. The van der Waals surface area contributed by atoms with E-state index in [1.54, 1.807) is 6.07 Å². The lowest BCUT2D eigenvalue weighted by molar-refractivity contribution is -0.385. The van der Waals surface area contributed by atoms with E-state index in [0.717, 1.165) is 30.5 Å². The quantitative estimate of drug-likeness (QED) is 0.666. The van der Waals surface area contributed by atoms with Crippen molar-refractivity contribution in [3.63, 3.8) is 0 Å².